The first-order valence-corrected chi connectivity index (χ1v) is 6.72. The van der Waals surface area contributed by atoms with Crippen molar-refractivity contribution < 1.29 is 14.5 Å². The van der Waals surface area contributed by atoms with E-state index < -0.39 is 7.12 Å². The van der Waals surface area contributed by atoms with Gasteiger partial charge in [0.15, 0.2) is 0 Å². The second-order valence-corrected chi connectivity index (χ2v) is 6.02. The average molecular weight is 253 g/mol. The molecule has 4 nitrogen and oxygen atoms in total. The molecule has 1 N–H and O–H groups in total. The molecule has 2 unspecified atom stereocenters. The summed E-state index contributed by atoms with van der Waals surface area (Å²) >= 11 is 0. The summed E-state index contributed by atoms with van der Waals surface area (Å²) in [5.41, 5.74) is 0. The van der Waals surface area contributed by atoms with Crippen LogP contribution in [0.4, 0.5) is 0 Å². The van der Waals surface area contributed by atoms with Crippen molar-refractivity contribution in [3.8, 4) is 0 Å². The molecule has 1 aliphatic rings. The van der Waals surface area contributed by atoms with Crippen molar-refractivity contribution in [3.05, 3.63) is 0 Å². The largest absolute Gasteiger partial charge is 0.529 e. The summed E-state index contributed by atoms with van der Waals surface area (Å²) in [6.07, 6.45) is 0. The van der Waals surface area contributed by atoms with Gasteiger partial charge in [-0.05, 0) is 11.8 Å². The lowest BCUT2D eigenvalue weighted by atomic mass is 9.59. The van der Waals surface area contributed by atoms with E-state index >= 15 is 0 Å². The molecule has 2 atom stereocenters. The van der Waals surface area contributed by atoms with E-state index in [0.29, 0.717) is 0 Å². The van der Waals surface area contributed by atoms with Crippen LogP contribution in [0.25, 0.3) is 0 Å². The Labute approximate surface area is 110 Å². The van der Waals surface area contributed by atoms with Gasteiger partial charge in [-0.15, -0.1) is 0 Å². The highest BCUT2D eigenvalue weighted by atomic mass is 16.5. The predicted octanol–water partition coefficient (Wildman–Crippen LogP) is 2.17. The minimum atomic E-state index is -0.937. The third-order valence-electron chi connectivity index (χ3n) is 3.41. The van der Waals surface area contributed by atoms with Crippen LogP contribution >= 0.6 is 0 Å². The molecule has 102 valence electrons. The van der Waals surface area contributed by atoms with Crippen LogP contribution < -0.4 is 0 Å². The van der Waals surface area contributed by atoms with Crippen LogP contribution in [0.2, 0.25) is 5.82 Å². The number of rotatable bonds is 4. The van der Waals surface area contributed by atoms with Gasteiger partial charge in [-0.1, -0.05) is 41.5 Å². The summed E-state index contributed by atoms with van der Waals surface area (Å²) < 4.78 is 5.32. The maximum atomic E-state index is 11.9. The summed E-state index contributed by atoms with van der Waals surface area (Å²) in [5, 5.41) is 10.1. The molecule has 5 heteroatoms. The number of nitrogens with zero attached hydrogens (tertiary/aromatic N) is 1. The van der Waals surface area contributed by atoms with Crippen LogP contribution in [-0.4, -0.2) is 29.9 Å². The Morgan fingerprint density at radius 1 is 1.22 bits per heavy atom. The normalized spacial score (nSPS) is 24.6. The average Bonchev–Trinajstić information content (AvgIpc) is 2.25. The molecule has 18 heavy (non-hydrogen) atoms. The van der Waals surface area contributed by atoms with Crippen LogP contribution in [-0.2, 0) is 9.45 Å². The van der Waals surface area contributed by atoms with Gasteiger partial charge < -0.3 is 9.68 Å². The molecule has 0 aromatic carbocycles. The Bertz CT molecular complexity index is 339. The van der Waals surface area contributed by atoms with E-state index in [9.17, 15) is 9.82 Å². The summed E-state index contributed by atoms with van der Waals surface area (Å²) in [6.45, 7) is 11.8. The van der Waals surface area contributed by atoms with Crippen molar-refractivity contribution in [1.82, 2.24) is 0 Å². The van der Waals surface area contributed by atoms with Crippen molar-refractivity contribution in [2.24, 2.45) is 22.7 Å². The summed E-state index contributed by atoms with van der Waals surface area (Å²) in [6, 6.07) is -0.0635. The minimum Gasteiger partial charge on any atom is -0.520 e. The molecule has 0 radical (unpaired) electrons. The summed E-state index contributed by atoms with van der Waals surface area (Å²) in [4.78, 5) is 16.4. The lowest BCUT2D eigenvalue weighted by Crippen LogP contribution is -2.46. The molecule has 0 saturated heterocycles. The van der Waals surface area contributed by atoms with Gasteiger partial charge in [0.25, 0.3) is 0 Å². The SMILES string of the molecule is CC(C)C(=O)C1=NC(C(C)C)C(C(C)C)B(O)O1. The quantitative estimate of drug-likeness (QED) is 0.781. The maximum absolute atomic E-state index is 11.9. The fourth-order valence-corrected chi connectivity index (χ4v) is 2.30. The number of hydrogen-bond donors (Lipinski definition) is 1. The minimum absolute atomic E-state index is 0.0614. The number of aliphatic imine (C=N–C) groups is 1. The fraction of sp³-hybridized carbons (Fsp3) is 0.846. The Kier molecular flexibility index (Phi) is 4.96. The number of ketones is 1. The Morgan fingerprint density at radius 3 is 2.17 bits per heavy atom. The van der Waals surface area contributed by atoms with Crippen molar-refractivity contribution >= 4 is 18.8 Å². The van der Waals surface area contributed by atoms with Crippen molar-refractivity contribution in [1.29, 1.82) is 0 Å². The molecular formula is C13H24BNO3. The second-order valence-electron chi connectivity index (χ2n) is 6.02. The monoisotopic (exact) mass is 253 g/mol. The molecule has 0 bridgehead atoms. The molecule has 0 saturated carbocycles. The standard InChI is InChI=1S/C13H24BNO3/c1-7(2)10-11(8(3)4)15-13(18-14(10)17)12(16)9(5)6/h7-11,17H,1-6H3. The van der Waals surface area contributed by atoms with Gasteiger partial charge in [0.05, 0.1) is 6.04 Å². The van der Waals surface area contributed by atoms with Gasteiger partial charge >= 0.3 is 7.12 Å². The molecule has 0 fully saturated rings. The van der Waals surface area contributed by atoms with Crippen LogP contribution in [0.3, 0.4) is 0 Å². The second kappa shape index (κ2) is 5.87. The molecule has 1 rings (SSSR count). The van der Waals surface area contributed by atoms with Gasteiger partial charge in [-0.3, -0.25) is 4.79 Å². The Hall–Kier alpha value is -0.835. The van der Waals surface area contributed by atoms with Crippen LogP contribution in [0, 0.1) is 17.8 Å². The highest BCUT2D eigenvalue weighted by molar-refractivity contribution is 6.54. The number of carbonyl (C=O) groups is 1. The maximum Gasteiger partial charge on any atom is 0.529 e. The van der Waals surface area contributed by atoms with Crippen LogP contribution in [0.1, 0.15) is 41.5 Å². The van der Waals surface area contributed by atoms with Gasteiger partial charge in [0.2, 0.25) is 11.7 Å². The highest BCUT2D eigenvalue weighted by Gasteiger charge is 2.44. The zero-order valence-corrected chi connectivity index (χ0v) is 12.2. The highest BCUT2D eigenvalue weighted by Crippen LogP contribution is 2.35. The van der Waals surface area contributed by atoms with E-state index in [2.05, 4.69) is 18.8 Å². The lowest BCUT2D eigenvalue weighted by molar-refractivity contribution is -0.116. The van der Waals surface area contributed by atoms with E-state index in [4.69, 9.17) is 4.65 Å². The van der Waals surface area contributed by atoms with Crippen molar-refractivity contribution in [2.45, 2.75) is 53.4 Å². The number of carbonyl (C=O) groups excluding carboxylic acids is 1. The van der Waals surface area contributed by atoms with Gasteiger partial charge in [-0.2, -0.15) is 0 Å². The van der Waals surface area contributed by atoms with E-state index in [1.807, 2.05) is 13.8 Å². The van der Waals surface area contributed by atoms with E-state index in [0.717, 1.165) is 0 Å². The van der Waals surface area contributed by atoms with Crippen LogP contribution in [0.5, 0.6) is 0 Å². The fourth-order valence-electron chi connectivity index (χ4n) is 2.30. The predicted molar refractivity (Wildman–Crippen MR) is 73.6 cm³/mol. The summed E-state index contributed by atoms with van der Waals surface area (Å²) in [7, 11) is -0.937. The van der Waals surface area contributed by atoms with Crippen molar-refractivity contribution in [2.75, 3.05) is 0 Å². The number of Topliss-reactive ketones (excluding diaryl/α,β-unsaturated/α-hetero) is 1. The van der Waals surface area contributed by atoms with E-state index in [1.54, 1.807) is 13.8 Å². The van der Waals surface area contributed by atoms with Gasteiger partial charge in [0.1, 0.15) is 0 Å². The first-order chi connectivity index (χ1) is 8.25. The molecule has 0 aromatic heterocycles. The molecule has 0 spiro atoms. The van der Waals surface area contributed by atoms with Crippen LogP contribution in [0.15, 0.2) is 4.99 Å². The van der Waals surface area contributed by atoms with Crippen molar-refractivity contribution in [3.63, 3.8) is 0 Å². The van der Waals surface area contributed by atoms with E-state index in [1.165, 1.54) is 0 Å². The number of hydrogen-bond acceptors (Lipinski definition) is 4. The first kappa shape index (κ1) is 15.2. The zero-order valence-electron chi connectivity index (χ0n) is 12.2. The smallest absolute Gasteiger partial charge is 0.520 e. The molecule has 1 aliphatic heterocycles. The molecule has 0 aliphatic carbocycles. The lowest BCUT2D eigenvalue weighted by Gasteiger charge is -2.35. The first-order valence-electron chi connectivity index (χ1n) is 6.72. The molecule has 0 amide bonds. The molecular weight excluding hydrogens is 229 g/mol. The Morgan fingerprint density at radius 2 is 1.78 bits per heavy atom. The third-order valence-corrected chi connectivity index (χ3v) is 3.41. The molecule has 1 heterocycles. The Balaban J connectivity index is 3.05. The molecule has 0 aromatic rings. The topological polar surface area (TPSA) is 58.9 Å². The third kappa shape index (κ3) is 3.13. The van der Waals surface area contributed by atoms with Gasteiger partial charge in [0, 0.05) is 11.7 Å². The summed E-state index contributed by atoms with van der Waals surface area (Å²) in [5.74, 6) is 0.251. The van der Waals surface area contributed by atoms with E-state index in [-0.39, 0.29) is 41.3 Å². The van der Waals surface area contributed by atoms with Gasteiger partial charge in [-0.25, -0.2) is 4.99 Å². The zero-order chi connectivity index (χ0) is 14.0.